The Morgan fingerprint density at radius 1 is 1.19 bits per heavy atom. The molecule has 166 valence electrons. The van der Waals surface area contributed by atoms with Gasteiger partial charge in [0.05, 0.1) is 22.5 Å². The molecule has 4 aromatic rings. The summed E-state index contributed by atoms with van der Waals surface area (Å²) in [6.45, 7) is 1.85. The standard InChI is InChI=1S/C22H24N6O3S/c1-13(20(29)23-14-9-10-16-17(12-14)25-21(30)24-16)32-22-27-26-19(18-8-5-11-31-18)28(22)15-6-3-2-4-7-15/h5,8-13,15H,2-4,6-7H2,1H3,(H,23,29)(H2,24,25,30). The molecule has 1 saturated carbocycles. The summed E-state index contributed by atoms with van der Waals surface area (Å²) < 4.78 is 7.73. The van der Waals surface area contributed by atoms with Crippen LogP contribution in [0.5, 0.6) is 0 Å². The third-order valence-corrected chi connectivity index (χ3v) is 6.84. The number of carbonyl (C=O) groups is 1. The van der Waals surface area contributed by atoms with E-state index in [1.165, 1.54) is 31.0 Å². The number of nitrogens with one attached hydrogen (secondary N) is 3. The Balaban J connectivity index is 1.36. The zero-order valence-electron chi connectivity index (χ0n) is 17.6. The summed E-state index contributed by atoms with van der Waals surface area (Å²) in [5.74, 6) is 1.24. The van der Waals surface area contributed by atoms with E-state index in [2.05, 4.69) is 30.0 Å². The van der Waals surface area contributed by atoms with E-state index in [0.717, 1.165) is 18.0 Å². The lowest BCUT2D eigenvalue weighted by Gasteiger charge is -2.25. The predicted molar refractivity (Wildman–Crippen MR) is 123 cm³/mol. The highest BCUT2D eigenvalue weighted by molar-refractivity contribution is 8.00. The number of nitrogens with zero attached hydrogens (tertiary/aromatic N) is 3. The quantitative estimate of drug-likeness (QED) is 0.374. The second kappa shape index (κ2) is 8.70. The van der Waals surface area contributed by atoms with Crippen LogP contribution in [0.4, 0.5) is 5.69 Å². The number of benzene rings is 1. The number of hydrogen-bond donors (Lipinski definition) is 3. The first-order chi connectivity index (χ1) is 15.6. The first kappa shape index (κ1) is 20.6. The highest BCUT2D eigenvalue weighted by Gasteiger charge is 2.27. The van der Waals surface area contributed by atoms with Gasteiger partial charge in [-0.3, -0.25) is 9.36 Å². The summed E-state index contributed by atoms with van der Waals surface area (Å²) in [5, 5.41) is 12.1. The molecule has 1 unspecified atom stereocenters. The van der Waals surface area contributed by atoms with E-state index in [0.29, 0.717) is 34.3 Å². The molecule has 1 fully saturated rings. The monoisotopic (exact) mass is 452 g/mol. The van der Waals surface area contributed by atoms with Crippen LogP contribution < -0.4 is 11.0 Å². The number of hydrogen-bond acceptors (Lipinski definition) is 6. The average molecular weight is 453 g/mol. The molecule has 1 aromatic carbocycles. The van der Waals surface area contributed by atoms with Crippen LogP contribution in [-0.2, 0) is 4.79 Å². The molecule has 1 aliphatic rings. The van der Waals surface area contributed by atoms with E-state index in [1.54, 1.807) is 24.5 Å². The molecule has 0 saturated heterocycles. The lowest BCUT2D eigenvalue weighted by atomic mass is 9.95. The molecule has 1 amide bonds. The van der Waals surface area contributed by atoms with Crippen molar-refractivity contribution in [3.05, 3.63) is 47.1 Å². The van der Waals surface area contributed by atoms with Crippen molar-refractivity contribution < 1.29 is 9.21 Å². The van der Waals surface area contributed by atoms with Gasteiger partial charge in [0.1, 0.15) is 0 Å². The summed E-state index contributed by atoms with van der Waals surface area (Å²) in [4.78, 5) is 29.7. The average Bonchev–Trinajstić information content (AvgIpc) is 3.53. The number of imidazole rings is 1. The van der Waals surface area contributed by atoms with Gasteiger partial charge in [0.2, 0.25) is 11.7 Å². The van der Waals surface area contributed by atoms with Gasteiger partial charge >= 0.3 is 5.69 Å². The van der Waals surface area contributed by atoms with Crippen LogP contribution in [0.3, 0.4) is 0 Å². The second-order valence-electron chi connectivity index (χ2n) is 8.03. The van der Waals surface area contributed by atoms with Gasteiger partial charge in [-0.15, -0.1) is 10.2 Å². The van der Waals surface area contributed by atoms with Crippen molar-refractivity contribution in [3.8, 4) is 11.6 Å². The van der Waals surface area contributed by atoms with Crippen molar-refractivity contribution in [1.29, 1.82) is 0 Å². The minimum atomic E-state index is -0.396. The smallest absolute Gasteiger partial charge is 0.323 e. The lowest BCUT2D eigenvalue weighted by Crippen LogP contribution is -2.23. The normalized spacial score (nSPS) is 15.8. The van der Waals surface area contributed by atoms with Crippen LogP contribution in [0.2, 0.25) is 0 Å². The van der Waals surface area contributed by atoms with Crippen molar-refractivity contribution in [3.63, 3.8) is 0 Å². The fourth-order valence-corrected chi connectivity index (χ4v) is 5.08. The van der Waals surface area contributed by atoms with Crippen LogP contribution in [0.1, 0.15) is 45.1 Å². The van der Waals surface area contributed by atoms with Crippen molar-refractivity contribution >= 4 is 34.4 Å². The molecule has 3 aromatic heterocycles. The zero-order chi connectivity index (χ0) is 22.1. The van der Waals surface area contributed by atoms with E-state index in [1.807, 2.05) is 19.1 Å². The minimum absolute atomic E-state index is 0.148. The Bertz CT molecular complexity index is 1280. The lowest BCUT2D eigenvalue weighted by molar-refractivity contribution is -0.115. The molecule has 5 rings (SSSR count). The Labute approximate surface area is 188 Å². The Morgan fingerprint density at radius 3 is 2.78 bits per heavy atom. The number of thioether (sulfide) groups is 1. The van der Waals surface area contributed by atoms with Gasteiger partial charge in [-0.05, 0) is 50.1 Å². The van der Waals surface area contributed by atoms with Gasteiger partial charge in [-0.1, -0.05) is 31.0 Å². The highest BCUT2D eigenvalue weighted by atomic mass is 32.2. The molecule has 1 aliphatic carbocycles. The molecular weight excluding hydrogens is 428 g/mol. The molecule has 9 nitrogen and oxygen atoms in total. The van der Waals surface area contributed by atoms with Crippen LogP contribution in [0, 0.1) is 0 Å². The van der Waals surface area contributed by atoms with Gasteiger partial charge < -0.3 is 19.7 Å². The second-order valence-corrected chi connectivity index (χ2v) is 9.34. The van der Waals surface area contributed by atoms with Gasteiger partial charge in [0.15, 0.2) is 10.9 Å². The van der Waals surface area contributed by atoms with Gasteiger partial charge in [0, 0.05) is 11.7 Å². The maximum absolute atomic E-state index is 12.9. The van der Waals surface area contributed by atoms with Gasteiger partial charge in [0.25, 0.3) is 0 Å². The van der Waals surface area contributed by atoms with E-state index in [4.69, 9.17) is 4.42 Å². The number of anilines is 1. The summed E-state index contributed by atoms with van der Waals surface area (Å²) in [6.07, 6.45) is 7.34. The summed E-state index contributed by atoms with van der Waals surface area (Å²) >= 11 is 1.39. The molecule has 3 heterocycles. The molecule has 0 aliphatic heterocycles. The summed E-state index contributed by atoms with van der Waals surface area (Å²) in [7, 11) is 0. The van der Waals surface area contributed by atoms with Gasteiger partial charge in [-0.25, -0.2) is 4.79 Å². The van der Waals surface area contributed by atoms with Crippen LogP contribution in [-0.4, -0.2) is 35.9 Å². The van der Waals surface area contributed by atoms with Crippen molar-refractivity contribution in [2.75, 3.05) is 5.32 Å². The third-order valence-electron chi connectivity index (χ3n) is 5.78. The largest absolute Gasteiger partial charge is 0.461 e. The maximum Gasteiger partial charge on any atom is 0.323 e. The van der Waals surface area contributed by atoms with E-state index >= 15 is 0 Å². The zero-order valence-corrected chi connectivity index (χ0v) is 18.4. The molecule has 3 N–H and O–H groups in total. The van der Waals surface area contributed by atoms with Gasteiger partial charge in [-0.2, -0.15) is 0 Å². The number of fused-ring (bicyclic) bond motifs is 1. The van der Waals surface area contributed by atoms with E-state index in [9.17, 15) is 9.59 Å². The third kappa shape index (κ3) is 4.10. The SMILES string of the molecule is CC(Sc1nnc(-c2ccco2)n1C1CCCCC1)C(=O)Nc1ccc2[nH]c(=O)[nH]c2c1. The number of carbonyl (C=O) groups excluding carboxylic acids is 1. The molecule has 0 bridgehead atoms. The van der Waals surface area contributed by atoms with Crippen molar-refractivity contribution in [1.82, 2.24) is 24.7 Å². The molecule has 32 heavy (non-hydrogen) atoms. The fourth-order valence-electron chi connectivity index (χ4n) is 4.17. The van der Waals surface area contributed by atoms with Crippen LogP contribution in [0.15, 0.2) is 51.0 Å². The molecule has 1 atom stereocenters. The van der Waals surface area contributed by atoms with Crippen molar-refractivity contribution in [2.24, 2.45) is 0 Å². The first-order valence-corrected chi connectivity index (χ1v) is 11.6. The first-order valence-electron chi connectivity index (χ1n) is 10.8. The molecule has 0 radical (unpaired) electrons. The topological polar surface area (TPSA) is 122 Å². The van der Waals surface area contributed by atoms with E-state index < -0.39 is 5.25 Å². The highest BCUT2D eigenvalue weighted by Crippen LogP contribution is 2.36. The Kier molecular flexibility index (Phi) is 5.60. The minimum Gasteiger partial charge on any atom is -0.461 e. The van der Waals surface area contributed by atoms with Crippen molar-refractivity contribution in [2.45, 2.75) is 55.5 Å². The summed E-state index contributed by atoms with van der Waals surface area (Å²) in [5.41, 5.74) is 1.69. The number of amides is 1. The Morgan fingerprint density at radius 2 is 2.00 bits per heavy atom. The maximum atomic E-state index is 12.9. The predicted octanol–water partition coefficient (Wildman–Crippen LogP) is 4.33. The number of furan rings is 1. The number of H-pyrrole nitrogens is 2. The molecule has 10 heteroatoms. The summed E-state index contributed by atoms with van der Waals surface area (Å²) in [6, 6.07) is 9.28. The Hall–Kier alpha value is -3.27. The number of aromatic nitrogens is 5. The molecule has 0 spiro atoms. The molecular formula is C22H24N6O3S. The van der Waals surface area contributed by atoms with E-state index in [-0.39, 0.29) is 11.6 Å². The number of rotatable bonds is 6. The van der Waals surface area contributed by atoms with Crippen LogP contribution >= 0.6 is 11.8 Å². The fraction of sp³-hybridized carbons (Fsp3) is 0.364. The van der Waals surface area contributed by atoms with Crippen LogP contribution in [0.25, 0.3) is 22.6 Å². The number of aromatic amines is 2.